The third-order valence-corrected chi connectivity index (χ3v) is 4.97. The summed E-state index contributed by atoms with van der Waals surface area (Å²) in [5.41, 5.74) is -0.259. The molecule has 0 aliphatic rings. The van der Waals surface area contributed by atoms with Gasteiger partial charge < -0.3 is 9.47 Å². The van der Waals surface area contributed by atoms with Crippen LogP contribution in [0.25, 0.3) is 10.9 Å². The van der Waals surface area contributed by atoms with Gasteiger partial charge >= 0.3 is 12.1 Å². The number of halogens is 4. The lowest BCUT2D eigenvalue weighted by molar-refractivity contribution is -0.153. The molecule has 0 aliphatic carbocycles. The lowest BCUT2D eigenvalue weighted by Gasteiger charge is -2.20. The monoisotopic (exact) mass is 481 g/mol. The van der Waals surface area contributed by atoms with Gasteiger partial charge in [0.2, 0.25) is 0 Å². The Labute approximate surface area is 180 Å². The van der Waals surface area contributed by atoms with Crippen molar-refractivity contribution in [1.82, 2.24) is 4.98 Å². The first-order valence-electron chi connectivity index (χ1n) is 9.07. The molecule has 2 aromatic carbocycles. The summed E-state index contributed by atoms with van der Waals surface area (Å²) in [6.07, 6.45) is -2.85. The molecule has 4 nitrogen and oxygen atoms in total. The van der Waals surface area contributed by atoms with Crippen LogP contribution < -0.4 is 4.74 Å². The Bertz CT molecular complexity index is 1070. The number of nitrogens with zero attached hydrogens (tertiary/aromatic N) is 1. The van der Waals surface area contributed by atoms with E-state index < -0.39 is 23.3 Å². The number of benzene rings is 2. The molecule has 3 rings (SSSR count). The number of rotatable bonds is 4. The van der Waals surface area contributed by atoms with E-state index in [0.29, 0.717) is 26.7 Å². The van der Waals surface area contributed by atoms with Crippen molar-refractivity contribution in [3.8, 4) is 11.5 Å². The molecule has 0 amide bonds. The van der Waals surface area contributed by atoms with Crippen molar-refractivity contribution in [3.05, 3.63) is 64.3 Å². The maximum absolute atomic E-state index is 12.8. The van der Waals surface area contributed by atoms with Gasteiger partial charge in [-0.1, -0.05) is 0 Å². The normalized spacial score (nSPS) is 12.1. The van der Waals surface area contributed by atoms with E-state index in [1.54, 1.807) is 39.1 Å². The lowest BCUT2D eigenvalue weighted by atomic mass is 10.1. The topological polar surface area (TPSA) is 48.4 Å². The minimum atomic E-state index is -4.43. The SMILES string of the molecule is CC(C)(C)OC(=O)Cc1cc(Oc2ccc(C(F)(F)F)cc2)c2ncccc2c1Br. The van der Waals surface area contributed by atoms with Crippen LogP contribution in [-0.4, -0.2) is 16.6 Å². The third-order valence-electron chi connectivity index (χ3n) is 4.03. The molecular weight excluding hydrogens is 463 g/mol. The van der Waals surface area contributed by atoms with Crippen molar-refractivity contribution in [1.29, 1.82) is 0 Å². The first-order chi connectivity index (χ1) is 13.9. The summed E-state index contributed by atoms with van der Waals surface area (Å²) in [6.45, 7) is 5.34. The van der Waals surface area contributed by atoms with Crippen LogP contribution >= 0.6 is 15.9 Å². The summed E-state index contributed by atoms with van der Waals surface area (Å²) >= 11 is 3.51. The minimum Gasteiger partial charge on any atom is -0.460 e. The van der Waals surface area contributed by atoms with Crippen molar-refractivity contribution >= 4 is 32.8 Å². The summed E-state index contributed by atoms with van der Waals surface area (Å²) in [6, 6.07) is 9.58. The van der Waals surface area contributed by atoms with Gasteiger partial charge in [-0.2, -0.15) is 13.2 Å². The zero-order chi connectivity index (χ0) is 22.1. The van der Waals surface area contributed by atoms with Crippen molar-refractivity contribution < 1.29 is 27.4 Å². The van der Waals surface area contributed by atoms with Crippen LogP contribution in [0, 0.1) is 0 Å². The molecule has 8 heteroatoms. The fourth-order valence-corrected chi connectivity index (χ4v) is 3.39. The van der Waals surface area contributed by atoms with E-state index in [9.17, 15) is 18.0 Å². The number of pyridine rings is 1. The van der Waals surface area contributed by atoms with Gasteiger partial charge in [0.1, 0.15) is 16.9 Å². The van der Waals surface area contributed by atoms with Crippen LogP contribution in [0.2, 0.25) is 0 Å². The highest BCUT2D eigenvalue weighted by atomic mass is 79.9. The Morgan fingerprint density at radius 3 is 2.37 bits per heavy atom. The number of aromatic nitrogens is 1. The van der Waals surface area contributed by atoms with Gasteiger partial charge in [0.05, 0.1) is 12.0 Å². The zero-order valence-electron chi connectivity index (χ0n) is 16.5. The molecule has 3 aromatic rings. The standard InChI is InChI=1S/C22H19BrF3NO3/c1-21(2,3)30-18(28)12-13-11-17(20-16(19(13)23)5-4-10-27-20)29-15-8-6-14(7-9-15)22(24,25)26/h4-11H,12H2,1-3H3. The van der Waals surface area contributed by atoms with Gasteiger partial charge in [0, 0.05) is 16.1 Å². The Hall–Kier alpha value is -2.61. The van der Waals surface area contributed by atoms with Gasteiger partial charge in [-0.3, -0.25) is 9.78 Å². The maximum Gasteiger partial charge on any atom is 0.416 e. The van der Waals surface area contributed by atoms with Crippen LogP contribution in [-0.2, 0) is 22.1 Å². The average molecular weight is 482 g/mol. The molecular formula is C22H19BrF3NO3. The van der Waals surface area contributed by atoms with Crippen molar-refractivity contribution in [2.45, 2.75) is 39.0 Å². The minimum absolute atomic E-state index is 0.00788. The quantitative estimate of drug-likeness (QED) is 0.389. The molecule has 0 radical (unpaired) electrons. The van der Waals surface area contributed by atoms with Crippen LogP contribution in [0.1, 0.15) is 31.9 Å². The molecule has 1 aromatic heterocycles. The second-order valence-corrected chi connectivity index (χ2v) is 8.43. The number of hydrogen-bond donors (Lipinski definition) is 0. The summed E-state index contributed by atoms with van der Waals surface area (Å²) in [7, 11) is 0. The Balaban J connectivity index is 1.97. The first-order valence-corrected chi connectivity index (χ1v) is 9.86. The number of esters is 1. The van der Waals surface area contributed by atoms with Crippen molar-refractivity contribution in [2.75, 3.05) is 0 Å². The predicted octanol–water partition coefficient (Wildman–Crippen LogP) is 6.69. The molecule has 30 heavy (non-hydrogen) atoms. The van der Waals surface area contributed by atoms with E-state index >= 15 is 0 Å². The molecule has 1 heterocycles. The second kappa shape index (κ2) is 8.26. The van der Waals surface area contributed by atoms with Crippen LogP contribution in [0.5, 0.6) is 11.5 Å². The van der Waals surface area contributed by atoms with Crippen molar-refractivity contribution in [3.63, 3.8) is 0 Å². The third kappa shape index (κ3) is 5.30. The highest BCUT2D eigenvalue weighted by molar-refractivity contribution is 9.10. The zero-order valence-corrected chi connectivity index (χ0v) is 18.1. The number of alkyl halides is 3. The molecule has 0 aliphatic heterocycles. The lowest BCUT2D eigenvalue weighted by Crippen LogP contribution is -2.25. The largest absolute Gasteiger partial charge is 0.460 e. The van der Waals surface area contributed by atoms with E-state index in [-0.39, 0.29) is 12.2 Å². The number of carbonyl (C=O) groups is 1. The first kappa shape index (κ1) is 22.1. The van der Waals surface area contributed by atoms with Crippen LogP contribution in [0.4, 0.5) is 13.2 Å². The summed E-state index contributed by atoms with van der Waals surface area (Å²) in [4.78, 5) is 16.6. The van der Waals surface area contributed by atoms with Gasteiger partial charge in [-0.05, 0) is 84.7 Å². The molecule has 0 fully saturated rings. The van der Waals surface area contributed by atoms with E-state index in [4.69, 9.17) is 9.47 Å². The second-order valence-electron chi connectivity index (χ2n) is 7.63. The summed E-state index contributed by atoms with van der Waals surface area (Å²) in [5, 5.41) is 0.709. The highest BCUT2D eigenvalue weighted by Crippen LogP contribution is 2.37. The van der Waals surface area contributed by atoms with Crippen LogP contribution in [0.15, 0.2) is 53.1 Å². The number of carbonyl (C=O) groups excluding carboxylic acids is 1. The van der Waals surface area contributed by atoms with E-state index in [0.717, 1.165) is 12.1 Å². The van der Waals surface area contributed by atoms with Gasteiger partial charge in [-0.25, -0.2) is 0 Å². The molecule has 0 saturated heterocycles. The highest BCUT2D eigenvalue weighted by Gasteiger charge is 2.30. The Kier molecular flexibility index (Phi) is 6.08. The Morgan fingerprint density at radius 1 is 1.10 bits per heavy atom. The van der Waals surface area contributed by atoms with Crippen LogP contribution in [0.3, 0.4) is 0 Å². The number of hydrogen-bond acceptors (Lipinski definition) is 4. The molecule has 0 atom stereocenters. The molecule has 0 unspecified atom stereocenters. The maximum atomic E-state index is 12.8. The summed E-state index contributed by atoms with van der Waals surface area (Å²) < 4.78 is 50.3. The smallest absolute Gasteiger partial charge is 0.416 e. The van der Waals surface area contributed by atoms with E-state index in [2.05, 4.69) is 20.9 Å². The summed E-state index contributed by atoms with van der Waals surface area (Å²) in [5.74, 6) is 0.138. The van der Waals surface area contributed by atoms with Gasteiger partial charge in [-0.15, -0.1) is 0 Å². The molecule has 0 N–H and O–H groups in total. The average Bonchev–Trinajstić information content (AvgIpc) is 2.64. The number of ether oxygens (including phenoxy) is 2. The van der Waals surface area contributed by atoms with Crippen molar-refractivity contribution in [2.24, 2.45) is 0 Å². The predicted molar refractivity (Wildman–Crippen MR) is 111 cm³/mol. The fourth-order valence-electron chi connectivity index (χ4n) is 2.82. The van der Waals surface area contributed by atoms with Gasteiger partial charge in [0.25, 0.3) is 0 Å². The molecule has 0 bridgehead atoms. The van der Waals surface area contributed by atoms with E-state index in [1.165, 1.54) is 12.1 Å². The molecule has 0 saturated carbocycles. The number of fused-ring (bicyclic) bond motifs is 1. The molecule has 158 valence electrons. The van der Waals surface area contributed by atoms with Gasteiger partial charge in [0.15, 0.2) is 5.75 Å². The fraction of sp³-hybridized carbons (Fsp3) is 0.273. The Morgan fingerprint density at radius 2 is 1.77 bits per heavy atom. The molecule has 0 spiro atoms. The van der Waals surface area contributed by atoms with E-state index in [1.807, 2.05) is 6.07 Å².